The summed E-state index contributed by atoms with van der Waals surface area (Å²) in [4.78, 5) is 34.8. The number of Topliss-reactive ketones (excluding diaryl/α,β-unsaturated/α-hetero) is 1. The number of hydrogen-bond donors (Lipinski definition) is 2. The average molecular weight is 291 g/mol. The van der Waals surface area contributed by atoms with Gasteiger partial charge in [0, 0.05) is 5.56 Å². The predicted octanol–water partition coefficient (Wildman–Crippen LogP) is 1.38. The first kappa shape index (κ1) is 13.7. The van der Waals surface area contributed by atoms with Gasteiger partial charge in [0.05, 0.1) is 17.4 Å². The van der Waals surface area contributed by atoms with Crippen LogP contribution in [-0.2, 0) is 9.59 Å². The second-order valence-electron chi connectivity index (χ2n) is 6.01. The maximum absolute atomic E-state index is 12.8. The van der Waals surface area contributed by atoms with Crippen molar-refractivity contribution in [3.63, 3.8) is 0 Å². The summed E-state index contributed by atoms with van der Waals surface area (Å²) >= 11 is 0. The third-order valence-electron chi connectivity index (χ3n) is 4.54. The Morgan fingerprint density at radius 2 is 1.67 bits per heavy atom. The van der Waals surface area contributed by atoms with E-state index >= 15 is 0 Å². The molecule has 1 aromatic rings. The second kappa shape index (κ2) is 4.38. The molecule has 3 fully saturated rings. The molecule has 3 aliphatic carbocycles. The quantitative estimate of drug-likeness (QED) is 0.803. The van der Waals surface area contributed by atoms with E-state index in [-0.39, 0.29) is 18.2 Å². The fraction of sp³-hybridized carbons (Fsp3) is 0.400. The highest BCUT2D eigenvalue weighted by Gasteiger charge is 2.75. The normalized spacial score (nSPS) is 29.0. The van der Waals surface area contributed by atoms with E-state index in [1.165, 1.54) is 24.3 Å². The lowest BCUT2D eigenvalue weighted by Crippen LogP contribution is -2.70. The number of nitrogens with one attached hydrogen (secondary N) is 1. The summed E-state index contributed by atoms with van der Waals surface area (Å²) in [7, 11) is 0. The van der Waals surface area contributed by atoms with Crippen LogP contribution in [0.3, 0.4) is 0 Å². The van der Waals surface area contributed by atoms with Gasteiger partial charge >= 0.3 is 5.97 Å². The molecule has 2 bridgehead atoms. The topological polar surface area (TPSA) is 83.5 Å². The van der Waals surface area contributed by atoms with Crippen LogP contribution in [0.2, 0.25) is 0 Å². The molecule has 1 amide bonds. The molecule has 3 saturated carbocycles. The summed E-state index contributed by atoms with van der Waals surface area (Å²) in [6.45, 7) is -0.160. The Hall–Kier alpha value is -2.24. The van der Waals surface area contributed by atoms with E-state index in [1.807, 2.05) is 0 Å². The average Bonchev–Trinajstić information content (AvgIpc) is 2.33. The third-order valence-corrected chi connectivity index (χ3v) is 4.54. The van der Waals surface area contributed by atoms with Crippen molar-refractivity contribution in [3.05, 3.63) is 35.6 Å². The van der Waals surface area contributed by atoms with Crippen molar-refractivity contribution in [1.82, 2.24) is 5.32 Å². The molecule has 0 aliphatic heterocycles. The summed E-state index contributed by atoms with van der Waals surface area (Å²) in [5.74, 6) is -1.84. The molecule has 0 spiro atoms. The predicted molar refractivity (Wildman–Crippen MR) is 70.1 cm³/mol. The lowest BCUT2D eigenvalue weighted by atomic mass is 9.35. The SMILES string of the molecule is O=C(CNC(=O)C12CC(C(=O)O)(C1)C2)c1ccc(F)cc1. The number of amides is 1. The van der Waals surface area contributed by atoms with E-state index < -0.39 is 22.6 Å². The van der Waals surface area contributed by atoms with Gasteiger partial charge in [-0.25, -0.2) is 4.39 Å². The number of rotatable bonds is 5. The van der Waals surface area contributed by atoms with Crippen molar-refractivity contribution in [2.45, 2.75) is 19.3 Å². The zero-order chi connectivity index (χ0) is 15.3. The van der Waals surface area contributed by atoms with Crippen molar-refractivity contribution >= 4 is 17.7 Å². The molecule has 0 unspecified atom stereocenters. The fourth-order valence-electron chi connectivity index (χ4n) is 3.34. The molecule has 5 nitrogen and oxygen atoms in total. The van der Waals surface area contributed by atoms with E-state index in [9.17, 15) is 18.8 Å². The summed E-state index contributed by atoms with van der Waals surface area (Å²) < 4.78 is 12.8. The van der Waals surface area contributed by atoms with Gasteiger partial charge in [0.2, 0.25) is 5.91 Å². The van der Waals surface area contributed by atoms with Crippen LogP contribution in [0.5, 0.6) is 0 Å². The van der Waals surface area contributed by atoms with Crippen LogP contribution >= 0.6 is 0 Å². The molecule has 0 radical (unpaired) electrons. The van der Waals surface area contributed by atoms with E-state index in [1.54, 1.807) is 0 Å². The van der Waals surface area contributed by atoms with Gasteiger partial charge in [-0.15, -0.1) is 0 Å². The van der Waals surface area contributed by atoms with Gasteiger partial charge in [0.1, 0.15) is 5.82 Å². The minimum atomic E-state index is -0.848. The number of hydrogen-bond acceptors (Lipinski definition) is 3. The fourth-order valence-corrected chi connectivity index (χ4v) is 3.34. The molecule has 21 heavy (non-hydrogen) atoms. The van der Waals surface area contributed by atoms with E-state index in [4.69, 9.17) is 5.11 Å². The molecular weight excluding hydrogens is 277 g/mol. The molecule has 2 N–H and O–H groups in total. The number of halogens is 1. The van der Waals surface area contributed by atoms with Crippen LogP contribution in [-0.4, -0.2) is 29.3 Å². The number of ketones is 1. The van der Waals surface area contributed by atoms with E-state index in [2.05, 4.69) is 5.32 Å². The van der Waals surface area contributed by atoms with E-state index in [0.717, 1.165) is 0 Å². The highest BCUT2D eigenvalue weighted by atomic mass is 19.1. The van der Waals surface area contributed by atoms with Crippen LogP contribution < -0.4 is 5.32 Å². The Kier molecular flexibility index (Phi) is 2.86. The lowest BCUT2D eigenvalue weighted by Gasteiger charge is -2.66. The van der Waals surface area contributed by atoms with Crippen molar-refractivity contribution in [3.8, 4) is 0 Å². The summed E-state index contributed by atoms with van der Waals surface area (Å²) in [6, 6.07) is 5.11. The van der Waals surface area contributed by atoms with Gasteiger partial charge in [-0.2, -0.15) is 0 Å². The number of carboxylic acids is 1. The first-order valence-corrected chi connectivity index (χ1v) is 6.67. The molecule has 0 atom stereocenters. The number of carbonyl (C=O) groups excluding carboxylic acids is 2. The zero-order valence-corrected chi connectivity index (χ0v) is 11.2. The summed E-state index contributed by atoms with van der Waals surface area (Å²) in [5.41, 5.74) is -0.976. The van der Waals surface area contributed by atoms with Crippen molar-refractivity contribution in [2.75, 3.05) is 6.54 Å². The largest absolute Gasteiger partial charge is 0.481 e. The van der Waals surface area contributed by atoms with Gasteiger partial charge in [0.25, 0.3) is 0 Å². The molecule has 6 heteroatoms. The minimum Gasteiger partial charge on any atom is -0.481 e. The molecule has 110 valence electrons. The van der Waals surface area contributed by atoms with Gasteiger partial charge in [-0.3, -0.25) is 14.4 Å². The Labute approximate surface area is 120 Å². The van der Waals surface area contributed by atoms with Crippen molar-refractivity contribution in [2.24, 2.45) is 10.8 Å². The maximum atomic E-state index is 12.8. The zero-order valence-electron chi connectivity index (χ0n) is 11.2. The number of carboxylic acid groups (broad SMARTS) is 1. The highest BCUT2D eigenvalue weighted by Crippen LogP contribution is 2.73. The van der Waals surface area contributed by atoms with Gasteiger partial charge in [0.15, 0.2) is 5.78 Å². The molecule has 3 aliphatic rings. The van der Waals surface area contributed by atoms with Crippen LogP contribution in [0.25, 0.3) is 0 Å². The Balaban J connectivity index is 1.53. The Morgan fingerprint density at radius 1 is 1.10 bits per heavy atom. The number of aliphatic carboxylic acids is 1. The molecule has 4 rings (SSSR count). The minimum absolute atomic E-state index is 0.160. The maximum Gasteiger partial charge on any atom is 0.309 e. The number of carbonyl (C=O) groups is 3. The Morgan fingerprint density at radius 3 is 2.19 bits per heavy atom. The van der Waals surface area contributed by atoms with Gasteiger partial charge < -0.3 is 10.4 Å². The first-order chi connectivity index (χ1) is 9.87. The standard InChI is InChI=1S/C15H14FNO4/c16-10-3-1-9(2-4-10)11(18)5-17-12(19)14-6-15(7-14,8-14)13(20)21/h1-4H,5-8H2,(H,17,19)(H,20,21). The molecule has 0 saturated heterocycles. The third kappa shape index (κ3) is 2.02. The highest BCUT2D eigenvalue weighted by molar-refractivity contribution is 6.01. The van der Waals surface area contributed by atoms with Crippen LogP contribution in [0, 0.1) is 16.6 Å². The van der Waals surface area contributed by atoms with Gasteiger partial charge in [-0.05, 0) is 43.5 Å². The summed E-state index contributed by atoms with van der Waals surface area (Å²) in [6.07, 6.45) is 1.06. The van der Waals surface area contributed by atoms with E-state index in [0.29, 0.717) is 24.8 Å². The van der Waals surface area contributed by atoms with Crippen molar-refractivity contribution in [1.29, 1.82) is 0 Å². The monoisotopic (exact) mass is 291 g/mol. The first-order valence-electron chi connectivity index (χ1n) is 6.67. The smallest absolute Gasteiger partial charge is 0.309 e. The lowest BCUT2D eigenvalue weighted by molar-refractivity contribution is -0.220. The molecular formula is C15H14FNO4. The van der Waals surface area contributed by atoms with Crippen LogP contribution in [0.15, 0.2) is 24.3 Å². The summed E-state index contributed by atoms with van der Waals surface area (Å²) in [5, 5.41) is 11.6. The van der Waals surface area contributed by atoms with Gasteiger partial charge in [-0.1, -0.05) is 0 Å². The molecule has 0 aromatic heterocycles. The Bertz CT molecular complexity index is 618. The molecule has 1 aromatic carbocycles. The van der Waals surface area contributed by atoms with Crippen LogP contribution in [0.1, 0.15) is 29.6 Å². The second-order valence-corrected chi connectivity index (χ2v) is 6.01. The number of benzene rings is 1. The van der Waals surface area contributed by atoms with Crippen LogP contribution in [0.4, 0.5) is 4.39 Å². The van der Waals surface area contributed by atoms with Crippen molar-refractivity contribution < 1.29 is 23.9 Å². The molecule has 0 heterocycles.